The van der Waals surface area contributed by atoms with Crippen LogP contribution in [0.4, 0.5) is 8.78 Å². The van der Waals surface area contributed by atoms with Crippen LogP contribution in [-0.2, 0) is 23.0 Å². The Labute approximate surface area is 183 Å². The molecule has 5 rings (SSSR count). The molecule has 1 aromatic carbocycles. The molecule has 0 amide bonds. The highest BCUT2D eigenvalue weighted by Gasteiger charge is 2.42. The third kappa shape index (κ3) is 4.04. The molecule has 0 radical (unpaired) electrons. The quantitative estimate of drug-likeness (QED) is 0.499. The lowest BCUT2D eigenvalue weighted by atomic mass is 9.75. The van der Waals surface area contributed by atoms with E-state index in [1.807, 2.05) is 31.2 Å². The van der Waals surface area contributed by atoms with Gasteiger partial charge >= 0.3 is 6.55 Å². The Bertz CT molecular complexity index is 1150. The molecular formula is C23H23F2N5O2. The normalized spacial score (nSPS) is 17.4. The van der Waals surface area contributed by atoms with Gasteiger partial charge in [0.05, 0.1) is 13.2 Å². The molecule has 0 atom stereocenters. The zero-order valence-corrected chi connectivity index (χ0v) is 17.7. The summed E-state index contributed by atoms with van der Waals surface area (Å²) in [6.07, 6.45) is 3.68. The van der Waals surface area contributed by atoms with Crippen LogP contribution >= 0.6 is 0 Å². The molecule has 2 aromatic heterocycles. The first-order valence-electron chi connectivity index (χ1n) is 10.7. The van der Waals surface area contributed by atoms with Crippen molar-refractivity contribution in [3.63, 3.8) is 0 Å². The van der Waals surface area contributed by atoms with Gasteiger partial charge in [0.25, 0.3) is 0 Å². The summed E-state index contributed by atoms with van der Waals surface area (Å²) in [6.45, 7) is -0.0188. The first-order chi connectivity index (χ1) is 15.4. The molecule has 1 saturated carbocycles. The molecule has 3 aromatic rings. The summed E-state index contributed by atoms with van der Waals surface area (Å²) in [6, 6.07) is 9.41. The Morgan fingerprint density at radius 1 is 1.25 bits per heavy atom. The van der Waals surface area contributed by atoms with Crippen molar-refractivity contribution in [2.45, 2.75) is 50.5 Å². The molecular weight excluding hydrogens is 416 g/mol. The molecule has 7 nitrogen and oxygen atoms in total. The number of ether oxygens (including phenoxy) is 1. The maximum absolute atomic E-state index is 13.2. The van der Waals surface area contributed by atoms with E-state index >= 15 is 0 Å². The number of aryl methyl sites for hydroxylation is 1. The summed E-state index contributed by atoms with van der Waals surface area (Å²) in [7, 11) is 0. The zero-order chi connectivity index (χ0) is 22.3. The van der Waals surface area contributed by atoms with Gasteiger partial charge in [-0.25, -0.2) is 9.97 Å². The molecule has 0 unspecified atom stereocenters. The van der Waals surface area contributed by atoms with Crippen LogP contribution in [0, 0.1) is 6.92 Å². The van der Waals surface area contributed by atoms with Crippen LogP contribution in [0.15, 0.2) is 36.7 Å². The van der Waals surface area contributed by atoms with Crippen molar-refractivity contribution in [2.24, 2.45) is 0 Å². The van der Waals surface area contributed by atoms with E-state index in [0.29, 0.717) is 24.8 Å². The highest BCUT2D eigenvalue weighted by Crippen LogP contribution is 2.38. The minimum absolute atomic E-state index is 0.0640. The fourth-order valence-corrected chi connectivity index (χ4v) is 4.12. The van der Waals surface area contributed by atoms with Gasteiger partial charge < -0.3 is 4.74 Å². The zero-order valence-electron chi connectivity index (χ0n) is 17.7. The summed E-state index contributed by atoms with van der Waals surface area (Å²) < 4.78 is 32.7. The summed E-state index contributed by atoms with van der Waals surface area (Å²) >= 11 is 0. The highest BCUT2D eigenvalue weighted by atomic mass is 19.3. The second-order valence-corrected chi connectivity index (χ2v) is 8.71. The van der Waals surface area contributed by atoms with Crippen molar-refractivity contribution in [3.8, 4) is 0 Å². The summed E-state index contributed by atoms with van der Waals surface area (Å²) in [5.41, 5.74) is 2.56. The van der Waals surface area contributed by atoms with E-state index in [1.165, 1.54) is 0 Å². The number of ketones is 1. The molecule has 3 heterocycles. The average molecular weight is 439 g/mol. The predicted molar refractivity (Wildman–Crippen MR) is 111 cm³/mol. The molecule has 2 fully saturated rings. The summed E-state index contributed by atoms with van der Waals surface area (Å²) in [4.78, 5) is 21.9. The molecule has 166 valence electrons. The van der Waals surface area contributed by atoms with E-state index in [2.05, 4.69) is 20.2 Å². The number of halogens is 2. The average Bonchev–Trinajstić information content (AvgIpc) is 3.48. The van der Waals surface area contributed by atoms with Crippen molar-refractivity contribution in [1.82, 2.24) is 24.7 Å². The number of carbonyl (C=O) groups is 1. The van der Waals surface area contributed by atoms with E-state index < -0.39 is 12.0 Å². The van der Waals surface area contributed by atoms with Crippen LogP contribution in [-0.4, -0.2) is 43.7 Å². The third-order valence-electron chi connectivity index (χ3n) is 6.11. The van der Waals surface area contributed by atoms with Crippen molar-refractivity contribution in [3.05, 3.63) is 70.8 Å². The lowest BCUT2D eigenvalue weighted by Gasteiger charge is -2.42. The largest absolute Gasteiger partial charge is 0.379 e. The fraction of sp³-hybridized carbons (Fsp3) is 0.435. The van der Waals surface area contributed by atoms with Crippen LogP contribution in [0.3, 0.4) is 0 Å². The second kappa shape index (κ2) is 8.12. The van der Waals surface area contributed by atoms with Crippen molar-refractivity contribution in [2.75, 3.05) is 13.2 Å². The van der Waals surface area contributed by atoms with Crippen LogP contribution in [0.1, 0.15) is 64.3 Å². The number of rotatable bonds is 8. The number of aromatic nitrogens is 5. The van der Waals surface area contributed by atoms with Gasteiger partial charge in [0.15, 0.2) is 5.78 Å². The van der Waals surface area contributed by atoms with E-state index in [4.69, 9.17) is 4.74 Å². The molecule has 0 N–H and O–H groups in total. The minimum Gasteiger partial charge on any atom is -0.379 e. The maximum Gasteiger partial charge on any atom is 0.321 e. The Morgan fingerprint density at radius 2 is 2.06 bits per heavy atom. The van der Waals surface area contributed by atoms with Crippen molar-refractivity contribution >= 4 is 5.78 Å². The number of benzene rings is 1. The fourth-order valence-electron chi connectivity index (χ4n) is 4.12. The molecule has 1 aliphatic carbocycles. The van der Waals surface area contributed by atoms with Gasteiger partial charge in [-0.05, 0) is 37.0 Å². The van der Waals surface area contributed by atoms with Gasteiger partial charge in [-0.1, -0.05) is 24.3 Å². The number of carbonyl (C=O) groups excluding carboxylic acids is 1. The van der Waals surface area contributed by atoms with E-state index in [1.54, 1.807) is 6.07 Å². The highest BCUT2D eigenvalue weighted by molar-refractivity contribution is 5.95. The molecule has 1 saturated heterocycles. The van der Waals surface area contributed by atoms with Gasteiger partial charge in [-0.15, -0.1) is 10.2 Å². The van der Waals surface area contributed by atoms with Gasteiger partial charge in [0, 0.05) is 29.9 Å². The number of hydrogen-bond acceptors (Lipinski definition) is 6. The van der Waals surface area contributed by atoms with Gasteiger partial charge in [0.1, 0.15) is 23.7 Å². The molecule has 0 spiro atoms. The Hall–Kier alpha value is -3.07. The third-order valence-corrected chi connectivity index (χ3v) is 6.11. The van der Waals surface area contributed by atoms with Crippen LogP contribution in [0.5, 0.6) is 0 Å². The monoisotopic (exact) mass is 439 g/mol. The van der Waals surface area contributed by atoms with Crippen LogP contribution < -0.4 is 0 Å². The lowest BCUT2D eigenvalue weighted by Crippen LogP contribution is -2.49. The van der Waals surface area contributed by atoms with Gasteiger partial charge in [-0.2, -0.15) is 8.78 Å². The van der Waals surface area contributed by atoms with Crippen molar-refractivity contribution in [1.29, 1.82) is 0 Å². The van der Waals surface area contributed by atoms with E-state index in [9.17, 15) is 13.6 Å². The number of Topliss-reactive ketones (excluding diaryl/α,β-unsaturated/α-hetero) is 1. The number of alkyl halides is 2. The Balaban J connectivity index is 1.37. The molecule has 0 bridgehead atoms. The first-order valence-corrected chi connectivity index (χ1v) is 10.7. The molecule has 9 heteroatoms. The standard InChI is InChI=1S/C23H23F2N5O2/c1-14-7-18(28-21(27-14)16-5-6-16)19(31)9-15-3-2-4-17(8-15)23(11-32-12-23)10-20-29-26-13-30(20)22(24)25/h2-4,7-8,13,16,22H,5-6,9-12H2,1H3. The lowest BCUT2D eigenvalue weighted by molar-refractivity contribution is -0.0623. The molecule has 2 aliphatic rings. The van der Waals surface area contributed by atoms with E-state index in [0.717, 1.165) is 46.4 Å². The van der Waals surface area contributed by atoms with Gasteiger partial charge in [0.2, 0.25) is 0 Å². The van der Waals surface area contributed by atoms with Gasteiger partial charge in [-0.3, -0.25) is 9.36 Å². The SMILES string of the molecule is Cc1cc(C(=O)Cc2cccc(C3(Cc4nncn4C(F)F)COC3)c2)nc(C2CC2)n1. The Morgan fingerprint density at radius 3 is 2.75 bits per heavy atom. The van der Waals surface area contributed by atoms with Crippen LogP contribution in [0.25, 0.3) is 0 Å². The summed E-state index contributed by atoms with van der Waals surface area (Å²) in [5.74, 6) is 1.29. The smallest absolute Gasteiger partial charge is 0.321 e. The number of hydrogen-bond donors (Lipinski definition) is 0. The van der Waals surface area contributed by atoms with Crippen LogP contribution in [0.2, 0.25) is 0 Å². The minimum atomic E-state index is -2.70. The Kier molecular flexibility index (Phi) is 5.28. The maximum atomic E-state index is 13.2. The second-order valence-electron chi connectivity index (χ2n) is 8.71. The van der Waals surface area contributed by atoms with E-state index in [-0.39, 0.29) is 24.4 Å². The first kappa shape index (κ1) is 20.8. The topological polar surface area (TPSA) is 82.8 Å². The molecule has 32 heavy (non-hydrogen) atoms. The van der Waals surface area contributed by atoms with Crippen molar-refractivity contribution < 1.29 is 18.3 Å². The molecule has 1 aliphatic heterocycles. The predicted octanol–water partition coefficient (Wildman–Crippen LogP) is 3.59. The number of nitrogens with zero attached hydrogens (tertiary/aromatic N) is 5. The summed E-state index contributed by atoms with van der Waals surface area (Å²) in [5, 5.41) is 7.52.